The molecule has 3 nitrogen and oxygen atoms in total. The van der Waals surface area contributed by atoms with E-state index in [0.29, 0.717) is 11.0 Å². The number of likely N-dealkylation sites (tertiary alicyclic amines) is 1. The number of benzene rings is 1. The van der Waals surface area contributed by atoms with Crippen LogP contribution in [-0.4, -0.2) is 23.0 Å². The van der Waals surface area contributed by atoms with E-state index in [4.69, 9.17) is 5.73 Å². The van der Waals surface area contributed by atoms with Crippen LogP contribution in [-0.2, 0) is 6.54 Å². The molecule has 0 aliphatic carbocycles. The highest BCUT2D eigenvalue weighted by Gasteiger charge is 2.21. The van der Waals surface area contributed by atoms with Gasteiger partial charge in [-0.2, -0.15) is 0 Å². The largest absolute Gasteiger partial charge is 0.375 e. The molecule has 0 spiro atoms. The lowest BCUT2D eigenvalue weighted by Gasteiger charge is -2.32. The highest BCUT2D eigenvalue weighted by Crippen LogP contribution is 2.29. The van der Waals surface area contributed by atoms with Crippen LogP contribution in [0.1, 0.15) is 34.8 Å². The summed E-state index contributed by atoms with van der Waals surface area (Å²) in [6.07, 6.45) is 4.48. The van der Waals surface area contributed by atoms with Crippen molar-refractivity contribution in [3.05, 3.63) is 46.5 Å². The molecule has 0 unspecified atom stereocenters. The van der Waals surface area contributed by atoms with Crippen LogP contribution in [0.2, 0.25) is 0 Å². The van der Waals surface area contributed by atoms with Crippen molar-refractivity contribution in [2.75, 3.05) is 18.8 Å². The van der Waals surface area contributed by atoms with Gasteiger partial charge in [-0.05, 0) is 37.8 Å². The molecule has 1 aromatic heterocycles. The Hall–Kier alpha value is -1.39. The number of hydrogen-bond donors (Lipinski definition) is 1. The Bertz CT molecular complexity index is 579. The molecule has 3 rings (SSSR count). The van der Waals surface area contributed by atoms with Crippen molar-refractivity contribution in [2.45, 2.75) is 32.2 Å². The molecule has 4 heteroatoms. The normalized spacial score (nSPS) is 20.1. The van der Waals surface area contributed by atoms with E-state index in [2.05, 4.69) is 41.1 Å². The van der Waals surface area contributed by atoms with Crippen LogP contribution >= 0.6 is 11.3 Å². The second-order valence-electron chi connectivity index (χ2n) is 5.65. The maximum atomic E-state index is 5.71. The summed E-state index contributed by atoms with van der Waals surface area (Å²) < 4.78 is 0. The molecular formula is C16H21N3S. The van der Waals surface area contributed by atoms with E-state index in [1.807, 2.05) is 6.20 Å². The number of thiazole rings is 1. The molecular weight excluding hydrogens is 266 g/mol. The zero-order valence-corrected chi connectivity index (χ0v) is 12.7. The van der Waals surface area contributed by atoms with Crippen molar-refractivity contribution < 1.29 is 0 Å². The number of piperidine rings is 1. The lowest BCUT2D eigenvalue weighted by molar-refractivity contribution is 0.201. The molecule has 2 aromatic rings. The number of aromatic nitrogens is 1. The molecule has 1 atom stereocenters. The Morgan fingerprint density at radius 3 is 3.10 bits per heavy atom. The van der Waals surface area contributed by atoms with E-state index in [-0.39, 0.29) is 0 Å². The van der Waals surface area contributed by atoms with Crippen LogP contribution in [0, 0.1) is 6.92 Å². The highest BCUT2D eigenvalue weighted by molar-refractivity contribution is 7.15. The third kappa shape index (κ3) is 3.19. The Morgan fingerprint density at radius 1 is 1.45 bits per heavy atom. The van der Waals surface area contributed by atoms with E-state index < -0.39 is 0 Å². The van der Waals surface area contributed by atoms with Crippen molar-refractivity contribution >= 4 is 16.5 Å². The van der Waals surface area contributed by atoms with Gasteiger partial charge in [0.2, 0.25) is 0 Å². The minimum absolute atomic E-state index is 0.661. The first-order chi connectivity index (χ1) is 9.70. The third-order valence-electron chi connectivity index (χ3n) is 3.97. The summed E-state index contributed by atoms with van der Waals surface area (Å²) in [5.41, 5.74) is 8.55. The number of aryl methyl sites for hydroxylation is 1. The van der Waals surface area contributed by atoms with E-state index in [1.165, 1.54) is 35.4 Å². The predicted molar refractivity (Wildman–Crippen MR) is 85.0 cm³/mol. The Balaban J connectivity index is 1.67. The molecule has 1 fully saturated rings. The standard InChI is InChI=1S/C16H21N3S/c1-12-4-2-5-13(8-12)14-6-3-7-19(10-14)11-15-9-18-16(17)20-15/h2,4-5,8-9,14H,3,6-7,10-11H2,1H3,(H2,17,18)/t14-/m0/s1. The number of nitrogens with zero attached hydrogens (tertiary/aromatic N) is 2. The monoisotopic (exact) mass is 287 g/mol. The summed E-state index contributed by atoms with van der Waals surface area (Å²) in [4.78, 5) is 7.94. The topological polar surface area (TPSA) is 42.2 Å². The summed E-state index contributed by atoms with van der Waals surface area (Å²) in [7, 11) is 0. The zero-order valence-electron chi connectivity index (χ0n) is 11.9. The average Bonchev–Trinajstić information content (AvgIpc) is 2.84. The number of nitrogens with two attached hydrogens (primary N) is 1. The van der Waals surface area contributed by atoms with Crippen molar-refractivity contribution in [1.29, 1.82) is 0 Å². The summed E-state index contributed by atoms with van der Waals surface area (Å²) in [6.45, 7) is 5.47. The molecule has 20 heavy (non-hydrogen) atoms. The lowest BCUT2D eigenvalue weighted by atomic mass is 9.90. The number of anilines is 1. The first-order valence-corrected chi connectivity index (χ1v) is 8.01. The van der Waals surface area contributed by atoms with Gasteiger partial charge in [-0.15, -0.1) is 11.3 Å². The van der Waals surface area contributed by atoms with Crippen LogP contribution in [0.5, 0.6) is 0 Å². The van der Waals surface area contributed by atoms with E-state index >= 15 is 0 Å². The Kier molecular flexibility index (Phi) is 4.03. The molecule has 0 amide bonds. The zero-order chi connectivity index (χ0) is 13.9. The van der Waals surface area contributed by atoms with Gasteiger partial charge in [-0.25, -0.2) is 4.98 Å². The lowest BCUT2D eigenvalue weighted by Crippen LogP contribution is -2.33. The maximum absolute atomic E-state index is 5.71. The van der Waals surface area contributed by atoms with Crippen molar-refractivity contribution in [3.63, 3.8) is 0 Å². The van der Waals surface area contributed by atoms with Gasteiger partial charge in [-0.3, -0.25) is 4.90 Å². The van der Waals surface area contributed by atoms with Crippen molar-refractivity contribution in [2.24, 2.45) is 0 Å². The first-order valence-electron chi connectivity index (χ1n) is 7.20. The molecule has 1 aromatic carbocycles. The van der Waals surface area contributed by atoms with Crippen molar-refractivity contribution in [3.8, 4) is 0 Å². The van der Waals surface area contributed by atoms with Crippen LogP contribution in [0.3, 0.4) is 0 Å². The van der Waals surface area contributed by atoms with Gasteiger partial charge in [0.15, 0.2) is 5.13 Å². The maximum Gasteiger partial charge on any atom is 0.180 e. The quantitative estimate of drug-likeness (QED) is 0.940. The molecule has 1 aliphatic rings. The van der Waals surface area contributed by atoms with E-state index in [0.717, 1.165) is 13.1 Å². The van der Waals surface area contributed by atoms with Crippen molar-refractivity contribution in [1.82, 2.24) is 9.88 Å². The first kappa shape index (κ1) is 13.6. The van der Waals surface area contributed by atoms with Gasteiger partial charge in [0.1, 0.15) is 0 Å². The van der Waals surface area contributed by atoms with Gasteiger partial charge >= 0.3 is 0 Å². The van der Waals surface area contributed by atoms with Crippen LogP contribution in [0.25, 0.3) is 0 Å². The highest BCUT2D eigenvalue weighted by atomic mass is 32.1. The number of nitrogen functional groups attached to an aromatic ring is 1. The molecule has 0 saturated carbocycles. The third-order valence-corrected chi connectivity index (χ3v) is 4.78. The Labute approximate surface area is 124 Å². The fourth-order valence-corrected chi connectivity index (χ4v) is 3.74. The SMILES string of the molecule is Cc1cccc([C@H]2CCCN(Cc3cnc(N)s3)C2)c1. The van der Waals surface area contributed by atoms with Gasteiger partial charge in [0.25, 0.3) is 0 Å². The van der Waals surface area contributed by atoms with Gasteiger partial charge < -0.3 is 5.73 Å². The minimum Gasteiger partial charge on any atom is -0.375 e. The van der Waals surface area contributed by atoms with Crippen LogP contribution < -0.4 is 5.73 Å². The number of hydrogen-bond acceptors (Lipinski definition) is 4. The summed E-state index contributed by atoms with van der Waals surface area (Å²) >= 11 is 1.61. The molecule has 2 N–H and O–H groups in total. The smallest absolute Gasteiger partial charge is 0.180 e. The molecule has 1 aliphatic heterocycles. The number of rotatable bonds is 3. The van der Waals surface area contributed by atoms with Gasteiger partial charge in [0, 0.05) is 24.2 Å². The van der Waals surface area contributed by atoms with Crippen LogP contribution in [0.15, 0.2) is 30.5 Å². The second-order valence-corrected chi connectivity index (χ2v) is 6.80. The molecule has 0 bridgehead atoms. The minimum atomic E-state index is 0.661. The molecule has 106 valence electrons. The van der Waals surface area contributed by atoms with E-state index in [1.54, 1.807) is 11.3 Å². The fraction of sp³-hybridized carbons (Fsp3) is 0.438. The average molecular weight is 287 g/mol. The van der Waals surface area contributed by atoms with Gasteiger partial charge in [0.05, 0.1) is 0 Å². The summed E-state index contributed by atoms with van der Waals surface area (Å²) in [6, 6.07) is 8.95. The second kappa shape index (κ2) is 5.94. The summed E-state index contributed by atoms with van der Waals surface area (Å²) in [5, 5.41) is 0.673. The fourth-order valence-electron chi connectivity index (χ4n) is 3.01. The molecule has 0 radical (unpaired) electrons. The van der Waals surface area contributed by atoms with E-state index in [9.17, 15) is 0 Å². The summed E-state index contributed by atoms with van der Waals surface area (Å²) in [5.74, 6) is 0.661. The predicted octanol–water partition coefficient (Wildman–Crippen LogP) is 3.41. The van der Waals surface area contributed by atoms with Crippen LogP contribution in [0.4, 0.5) is 5.13 Å². The Morgan fingerprint density at radius 2 is 2.35 bits per heavy atom. The van der Waals surface area contributed by atoms with Gasteiger partial charge in [-0.1, -0.05) is 29.8 Å². The molecule has 1 saturated heterocycles. The molecule has 2 heterocycles.